The topological polar surface area (TPSA) is 38.7 Å². The molecule has 1 aliphatic heterocycles. The van der Waals surface area contributed by atoms with Crippen LogP contribution in [-0.4, -0.2) is 24.4 Å². The normalized spacial score (nSPS) is 20.0. The molecule has 0 saturated heterocycles. The summed E-state index contributed by atoms with van der Waals surface area (Å²) in [6, 6.07) is 5.74. The quantitative estimate of drug-likeness (QED) is 0.796. The van der Waals surface area contributed by atoms with Crippen LogP contribution < -0.4 is 9.47 Å². The third kappa shape index (κ3) is 1.88. The number of aliphatic hydroxyl groups is 1. The minimum atomic E-state index is -0.231. The van der Waals surface area contributed by atoms with Crippen LogP contribution in [0.1, 0.15) is 0 Å². The maximum atomic E-state index is 8.88. The molecule has 3 nitrogen and oxygen atoms in total. The second-order valence-corrected chi connectivity index (χ2v) is 4.07. The molecule has 0 saturated carbocycles. The Morgan fingerprint density at radius 1 is 1.46 bits per heavy atom. The molecule has 2 rings (SSSR count). The van der Waals surface area contributed by atoms with E-state index < -0.39 is 0 Å². The van der Waals surface area contributed by atoms with Gasteiger partial charge in [0.2, 0.25) is 0 Å². The van der Waals surface area contributed by atoms with Gasteiger partial charge in [-0.15, -0.1) is 0 Å². The molecule has 70 valence electrons. The Hall–Kier alpha value is -0.490. The van der Waals surface area contributed by atoms with E-state index in [0.29, 0.717) is 6.61 Å². The van der Waals surface area contributed by atoms with E-state index in [0.717, 1.165) is 15.1 Å². The van der Waals surface area contributed by atoms with Crippen molar-refractivity contribution in [1.82, 2.24) is 0 Å². The zero-order chi connectivity index (χ0) is 9.26. The lowest BCUT2D eigenvalue weighted by molar-refractivity contribution is 0.0456. The average Bonchev–Trinajstić information content (AvgIpc) is 2.16. The molecule has 1 unspecified atom stereocenters. The number of hydrogen-bond acceptors (Lipinski definition) is 3. The van der Waals surface area contributed by atoms with Crippen LogP contribution in [0.3, 0.4) is 0 Å². The molecule has 0 fully saturated rings. The molecule has 1 atom stereocenters. The number of hydrogen-bond donors (Lipinski definition) is 1. The van der Waals surface area contributed by atoms with Crippen molar-refractivity contribution in [3.8, 4) is 11.5 Å². The van der Waals surface area contributed by atoms with Gasteiger partial charge in [-0.2, -0.15) is 0 Å². The van der Waals surface area contributed by atoms with E-state index in [1.165, 1.54) is 0 Å². The Bertz CT molecular complexity index is 314. The van der Waals surface area contributed by atoms with Gasteiger partial charge in [0.15, 0.2) is 17.6 Å². The second-order valence-electron chi connectivity index (χ2n) is 2.82. The Kier molecular flexibility index (Phi) is 2.59. The molecule has 0 aromatic heterocycles. The Morgan fingerprint density at radius 2 is 2.31 bits per heavy atom. The van der Waals surface area contributed by atoms with Gasteiger partial charge in [0, 0.05) is 3.57 Å². The first-order valence-electron chi connectivity index (χ1n) is 3.99. The molecule has 1 aromatic rings. The van der Waals surface area contributed by atoms with Crippen molar-refractivity contribution >= 4 is 22.6 Å². The average molecular weight is 292 g/mol. The van der Waals surface area contributed by atoms with Gasteiger partial charge < -0.3 is 14.6 Å². The van der Waals surface area contributed by atoms with Gasteiger partial charge in [-0.05, 0) is 40.8 Å². The first-order chi connectivity index (χ1) is 6.29. The molecular weight excluding hydrogens is 283 g/mol. The largest absolute Gasteiger partial charge is 0.486 e. The summed E-state index contributed by atoms with van der Waals surface area (Å²) in [5.41, 5.74) is 0. The lowest BCUT2D eigenvalue weighted by Crippen LogP contribution is -2.32. The monoisotopic (exact) mass is 292 g/mol. The molecule has 0 aliphatic carbocycles. The maximum Gasteiger partial charge on any atom is 0.162 e. The van der Waals surface area contributed by atoms with Crippen molar-refractivity contribution in [1.29, 1.82) is 0 Å². The summed E-state index contributed by atoms with van der Waals surface area (Å²) in [5, 5.41) is 8.88. The van der Waals surface area contributed by atoms with Crippen molar-refractivity contribution in [2.75, 3.05) is 13.2 Å². The predicted molar refractivity (Wildman–Crippen MR) is 56.2 cm³/mol. The van der Waals surface area contributed by atoms with E-state index in [4.69, 9.17) is 14.6 Å². The highest BCUT2D eigenvalue weighted by Crippen LogP contribution is 2.32. The molecular formula is C9H9IO3. The van der Waals surface area contributed by atoms with Crippen molar-refractivity contribution in [3.05, 3.63) is 21.8 Å². The van der Waals surface area contributed by atoms with Gasteiger partial charge in [0.25, 0.3) is 0 Å². The summed E-state index contributed by atoms with van der Waals surface area (Å²) in [6.45, 7) is 0.412. The molecule has 1 aliphatic rings. The van der Waals surface area contributed by atoms with Gasteiger partial charge in [-0.25, -0.2) is 0 Å². The molecule has 13 heavy (non-hydrogen) atoms. The van der Waals surface area contributed by atoms with Gasteiger partial charge >= 0.3 is 0 Å². The highest BCUT2D eigenvalue weighted by molar-refractivity contribution is 14.1. The van der Waals surface area contributed by atoms with E-state index in [2.05, 4.69) is 22.6 Å². The number of halogens is 1. The fourth-order valence-corrected chi connectivity index (χ4v) is 1.64. The van der Waals surface area contributed by atoms with E-state index in [1.807, 2.05) is 18.2 Å². The Morgan fingerprint density at radius 3 is 3.08 bits per heavy atom. The summed E-state index contributed by atoms with van der Waals surface area (Å²) in [4.78, 5) is 0. The molecule has 0 bridgehead atoms. The van der Waals surface area contributed by atoms with Crippen LogP contribution in [0.25, 0.3) is 0 Å². The van der Waals surface area contributed by atoms with Crippen molar-refractivity contribution in [2.45, 2.75) is 6.10 Å². The van der Waals surface area contributed by atoms with E-state index >= 15 is 0 Å². The number of rotatable bonds is 1. The zero-order valence-corrected chi connectivity index (χ0v) is 9.02. The van der Waals surface area contributed by atoms with E-state index in [1.54, 1.807) is 0 Å². The molecule has 1 N–H and O–H groups in total. The standard InChI is InChI=1S/C9H9IO3/c10-6-1-2-8-9(3-6)13-7(4-11)5-12-8/h1-3,7,11H,4-5H2. The molecule has 1 heterocycles. The van der Waals surface area contributed by atoms with Crippen molar-refractivity contribution in [2.24, 2.45) is 0 Å². The molecule has 0 amide bonds. The van der Waals surface area contributed by atoms with Crippen LogP contribution in [0.4, 0.5) is 0 Å². The fraction of sp³-hybridized carbons (Fsp3) is 0.333. The van der Waals surface area contributed by atoms with E-state index in [-0.39, 0.29) is 12.7 Å². The lowest BCUT2D eigenvalue weighted by Gasteiger charge is -2.25. The van der Waals surface area contributed by atoms with Crippen molar-refractivity contribution < 1.29 is 14.6 Å². The van der Waals surface area contributed by atoms with E-state index in [9.17, 15) is 0 Å². The van der Waals surface area contributed by atoms with Crippen LogP contribution in [-0.2, 0) is 0 Å². The summed E-state index contributed by atoms with van der Waals surface area (Å²) < 4.78 is 12.0. The first kappa shape index (κ1) is 9.08. The van der Waals surface area contributed by atoms with Crippen LogP contribution in [0.15, 0.2) is 18.2 Å². The third-order valence-electron chi connectivity index (χ3n) is 1.83. The summed E-state index contributed by atoms with van der Waals surface area (Å²) >= 11 is 2.21. The number of fused-ring (bicyclic) bond motifs is 1. The summed E-state index contributed by atoms with van der Waals surface area (Å²) in [6.07, 6.45) is -0.231. The third-order valence-corrected chi connectivity index (χ3v) is 2.50. The number of aliphatic hydroxyl groups excluding tert-OH is 1. The molecule has 0 spiro atoms. The van der Waals surface area contributed by atoms with Gasteiger partial charge in [-0.1, -0.05) is 0 Å². The number of benzene rings is 1. The van der Waals surface area contributed by atoms with Gasteiger partial charge in [0.1, 0.15) is 6.61 Å². The first-order valence-corrected chi connectivity index (χ1v) is 5.07. The lowest BCUT2D eigenvalue weighted by atomic mass is 10.3. The summed E-state index contributed by atoms with van der Waals surface area (Å²) in [5.74, 6) is 1.47. The second kappa shape index (κ2) is 3.71. The number of ether oxygens (including phenoxy) is 2. The van der Waals surface area contributed by atoms with Crippen LogP contribution in [0.5, 0.6) is 11.5 Å². The Balaban J connectivity index is 2.27. The SMILES string of the molecule is OCC1COc2ccc(I)cc2O1. The van der Waals surface area contributed by atoms with Crippen LogP contribution in [0.2, 0.25) is 0 Å². The van der Waals surface area contributed by atoms with Gasteiger partial charge in [0.05, 0.1) is 6.61 Å². The predicted octanol–water partition coefficient (Wildman–Crippen LogP) is 1.42. The minimum absolute atomic E-state index is 0.00901. The maximum absolute atomic E-state index is 8.88. The van der Waals surface area contributed by atoms with Crippen LogP contribution >= 0.6 is 22.6 Å². The highest BCUT2D eigenvalue weighted by Gasteiger charge is 2.19. The molecule has 1 aromatic carbocycles. The molecule has 0 radical (unpaired) electrons. The molecule has 4 heteroatoms. The van der Waals surface area contributed by atoms with Gasteiger partial charge in [-0.3, -0.25) is 0 Å². The van der Waals surface area contributed by atoms with Crippen molar-refractivity contribution in [3.63, 3.8) is 0 Å². The zero-order valence-electron chi connectivity index (χ0n) is 6.87. The summed E-state index contributed by atoms with van der Waals surface area (Å²) in [7, 11) is 0. The minimum Gasteiger partial charge on any atom is -0.486 e. The fourth-order valence-electron chi connectivity index (χ4n) is 1.18. The van der Waals surface area contributed by atoms with Crippen LogP contribution in [0, 0.1) is 3.57 Å². The highest BCUT2D eigenvalue weighted by atomic mass is 127. The Labute approximate surface area is 89.8 Å². The smallest absolute Gasteiger partial charge is 0.162 e.